The number of aromatic amines is 1. The van der Waals surface area contributed by atoms with Crippen molar-refractivity contribution >= 4 is 5.91 Å². The third-order valence-corrected chi connectivity index (χ3v) is 5.21. The molecule has 0 aliphatic carbocycles. The highest BCUT2D eigenvalue weighted by atomic mass is 16.3. The Morgan fingerprint density at radius 1 is 1.18 bits per heavy atom. The molecule has 2 aromatic carbocycles. The highest BCUT2D eigenvalue weighted by Gasteiger charge is 2.42. The Labute approximate surface area is 163 Å². The number of nitrogens with one attached hydrogen (secondary N) is 1. The van der Waals surface area contributed by atoms with Crippen LogP contribution >= 0.6 is 0 Å². The van der Waals surface area contributed by atoms with E-state index in [1.54, 1.807) is 23.1 Å². The molecule has 6 heteroatoms. The molecule has 3 aromatic rings. The Kier molecular flexibility index (Phi) is 4.34. The average Bonchev–Trinajstić information content (AvgIpc) is 3.18. The molecule has 0 saturated carbocycles. The molecule has 1 aliphatic rings. The maximum Gasteiger partial charge on any atom is 0.273 e. The molecule has 144 valence electrons. The van der Waals surface area contributed by atoms with Crippen LogP contribution in [0, 0.1) is 13.8 Å². The lowest BCUT2D eigenvalue weighted by Crippen LogP contribution is -2.30. The van der Waals surface area contributed by atoms with Gasteiger partial charge in [0, 0.05) is 17.7 Å². The molecule has 1 atom stereocenters. The standard InChI is InChI=1S/C22H23N3O3/c1-4-8-25-20(14-6-5-7-15(26)11-14)17-18(23-24-19(17)22(25)28)16-10-12(2)9-13(3)21(16)27/h5-7,9-11,20,26-27H,4,8H2,1-3H3,(H,23,24). The van der Waals surface area contributed by atoms with Gasteiger partial charge in [0.1, 0.15) is 22.9 Å². The predicted octanol–water partition coefficient (Wildman–Crippen LogP) is 4.06. The molecule has 6 nitrogen and oxygen atoms in total. The van der Waals surface area contributed by atoms with E-state index in [9.17, 15) is 15.0 Å². The first-order chi connectivity index (χ1) is 13.4. The lowest BCUT2D eigenvalue weighted by Gasteiger charge is -2.26. The SMILES string of the molecule is CCCN1C(=O)c2[nH]nc(-c3cc(C)cc(C)c3O)c2C1c1cccc(O)c1. The quantitative estimate of drug-likeness (QED) is 0.640. The van der Waals surface area contributed by atoms with Crippen molar-refractivity contribution in [2.45, 2.75) is 33.2 Å². The number of benzene rings is 2. The fourth-order valence-corrected chi connectivity index (χ4v) is 4.06. The van der Waals surface area contributed by atoms with E-state index in [2.05, 4.69) is 10.2 Å². The summed E-state index contributed by atoms with van der Waals surface area (Å²) in [6.45, 7) is 6.42. The number of aromatic hydroxyl groups is 2. The third-order valence-electron chi connectivity index (χ3n) is 5.21. The van der Waals surface area contributed by atoms with E-state index in [4.69, 9.17) is 0 Å². The first-order valence-corrected chi connectivity index (χ1v) is 9.41. The topological polar surface area (TPSA) is 89.5 Å². The van der Waals surface area contributed by atoms with Crippen LogP contribution < -0.4 is 0 Å². The van der Waals surface area contributed by atoms with Crippen molar-refractivity contribution in [2.75, 3.05) is 6.54 Å². The van der Waals surface area contributed by atoms with E-state index in [1.807, 2.05) is 39.0 Å². The summed E-state index contributed by atoms with van der Waals surface area (Å²) in [6, 6.07) is 10.4. The number of amides is 1. The molecule has 1 amide bonds. The number of phenols is 2. The van der Waals surface area contributed by atoms with E-state index in [0.29, 0.717) is 23.5 Å². The summed E-state index contributed by atoms with van der Waals surface area (Å²) < 4.78 is 0. The molecule has 1 aliphatic heterocycles. The normalized spacial score (nSPS) is 15.9. The second-order valence-corrected chi connectivity index (χ2v) is 7.33. The van der Waals surface area contributed by atoms with Crippen molar-refractivity contribution in [1.29, 1.82) is 0 Å². The van der Waals surface area contributed by atoms with Gasteiger partial charge in [0.05, 0.1) is 6.04 Å². The monoisotopic (exact) mass is 377 g/mol. The summed E-state index contributed by atoms with van der Waals surface area (Å²) in [5.74, 6) is 0.192. The number of nitrogens with zero attached hydrogens (tertiary/aromatic N) is 2. The minimum atomic E-state index is -0.372. The van der Waals surface area contributed by atoms with Crippen molar-refractivity contribution in [2.24, 2.45) is 0 Å². The van der Waals surface area contributed by atoms with Crippen molar-refractivity contribution in [3.63, 3.8) is 0 Å². The molecule has 0 radical (unpaired) electrons. The van der Waals surface area contributed by atoms with Crippen LogP contribution in [0.2, 0.25) is 0 Å². The number of rotatable bonds is 4. The average molecular weight is 377 g/mol. The van der Waals surface area contributed by atoms with Gasteiger partial charge in [-0.2, -0.15) is 5.10 Å². The Balaban J connectivity index is 1.95. The number of phenolic OH excluding ortho intramolecular Hbond substituents is 2. The number of aryl methyl sites for hydroxylation is 2. The van der Waals surface area contributed by atoms with Crippen LogP contribution in [-0.4, -0.2) is 37.8 Å². The number of H-pyrrole nitrogens is 1. The van der Waals surface area contributed by atoms with Gasteiger partial charge >= 0.3 is 0 Å². The van der Waals surface area contributed by atoms with Gasteiger partial charge in [-0.1, -0.05) is 25.1 Å². The summed E-state index contributed by atoms with van der Waals surface area (Å²) in [4.78, 5) is 14.8. The number of carbonyl (C=O) groups is 1. The largest absolute Gasteiger partial charge is 0.508 e. The van der Waals surface area contributed by atoms with Crippen LogP contribution in [0.5, 0.6) is 11.5 Å². The highest BCUT2D eigenvalue weighted by molar-refractivity contribution is 6.00. The fourth-order valence-electron chi connectivity index (χ4n) is 4.06. The van der Waals surface area contributed by atoms with Gasteiger partial charge in [-0.25, -0.2) is 0 Å². The fraction of sp³-hybridized carbons (Fsp3) is 0.273. The smallest absolute Gasteiger partial charge is 0.273 e. The molecule has 28 heavy (non-hydrogen) atoms. The molecule has 0 spiro atoms. The second-order valence-electron chi connectivity index (χ2n) is 7.33. The number of carbonyl (C=O) groups excluding carboxylic acids is 1. The van der Waals surface area contributed by atoms with Crippen LogP contribution in [0.3, 0.4) is 0 Å². The first-order valence-electron chi connectivity index (χ1n) is 9.41. The lowest BCUT2D eigenvalue weighted by atomic mass is 9.94. The van der Waals surface area contributed by atoms with Crippen molar-refractivity contribution in [3.05, 3.63) is 64.3 Å². The minimum absolute atomic E-state index is 0.118. The third kappa shape index (κ3) is 2.72. The van der Waals surface area contributed by atoms with Crippen LogP contribution in [0.1, 0.15) is 52.1 Å². The molecular formula is C22H23N3O3. The molecule has 0 saturated heterocycles. The zero-order valence-corrected chi connectivity index (χ0v) is 16.2. The Morgan fingerprint density at radius 3 is 2.68 bits per heavy atom. The highest BCUT2D eigenvalue weighted by Crippen LogP contribution is 2.45. The molecule has 0 bridgehead atoms. The molecule has 4 rings (SSSR count). The van der Waals surface area contributed by atoms with Crippen LogP contribution in [0.15, 0.2) is 36.4 Å². The van der Waals surface area contributed by atoms with E-state index in [1.165, 1.54) is 0 Å². The molecule has 1 aromatic heterocycles. The molecular weight excluding hydrogens is 354 g/mol. The number of aromatic nitrogens is 2. The Bertz CT molecular complexity index is 1070. The maximum absolute atomic E-state index is 13.0. The summed E-state index contributed by atoms with van der Waals surface area (Å²) in [7, 11) is 0. The van der Waals surface area contributed by atoms with Gasteiger partial charge in [-0.05, 0) is 55.2 Å². The number of hydrogen-bond donors (Lipinski definition) is 3. The zero-order chi connectivity index (χ0) is 20.0. The maximum atomic E-state index is 13.0. The van der Waals surface area contributed by atoms with Crippen LogP contribution in [-0.2, 0) is 0 Å². The van der Waals surface area contributed by atoms with Crippen molar-refractivity contribution in [3.8, 4) is 22.8 Å². The van der Waals surface area contributed by atoms with Crippen LogP contribution in [0.4, 0.5) is 0 Å². The van der Waals surface area contributed by atoms with Gasteiger partial charge in [-0.3, -0.25) is 9.89 Å². The Hall–Kier alpha value is -3.28. The predicted molar refractivity (Wildman–Crippen MR) is 106 cm³/mol. The minimum Gasteiger partial charge on any atom is -0.508 e. The van der Waals surface area contributed by atoms with Gasteiger partial charge in [0.2, 0.25) is 0 Å². The molecule has 0 fully saturated rings. The van der Waals surface area contributed by atoms with E-state index < -0.39 is 0 Å². The molecule has 2 heterocycles. The zero-order valence-electron chi connectivity index (χ0n) is 16.2. The Morgan fingerprint density at radius 2 is 1.96 bits per heavy atom. The first kappa shape index (κ1) is 18.1. The number of fused-ring (bicyclic) bond motifs is 1. The molecule has 3 N–H and O–H groups in total. The van der Waals surface area contributed by atoms with Crippen LogP contribution in [0.25, 0.3) is 11.3 Å². The van der Waals surface area contributed by atoms with Gasteiger partial charge in [-0.15, -0.1) is 0 Å². The van der Waals surface area contributed by atoms with E-state index >= 15 is 0 Å². The summed E-state index contributed by atoms with van der Waals surface area (Å²) >= 11 is 0. The second kappa shape index (κ2) is 6.71. The van der Waals surface area contributed by atoms with Gasteiger partial charge < -0.3 is 15.1 Å². The van der Waals surface area contributed by atoms with E-state index in [0.717, 1.165) is 28.7 Å². The van der Waals surface area contributed by atoms with Crippen molar-refractivity contribution < 1.29 is 15.0 Å². The van der Waals surface area contributed by atoms with Gasteiger partial charge in [0.15, 0.2) is 0 Å². The van der Waals surface area contributed by atoms with E-state index in [-0.39, 0.29) is 23.4 Å². The summed E-state index contributed by atoms with van der Waals surface area (Å²) in [5, 5.41) is 27.9. The summed E-state index contributed by atoms with van der Waals surface area (Å²) in [6.07, 6.45) is 0.808. The van der Waals surface area contributed by atoms with Gasteiger partial charge in [0.25, 0.3) is 5.91 Å². The molecule has 1 unspecified atom stereocenters. The lowest BCUT2D eigenvalue weighted by molar-refractivity contribution is 0.0743. The number of hydrogen-bond acceptors (Lipinski definition) is 4. The summed E-state index contributed by atoms with van der Waals surface area (Å²) in [5.41, 5.74) is 4.93. The van der Waals surface area contributed by atoms with Crippen molar-refractivity contribution in [1.82, 2.24) is 15.1 Å².